The van der Waals surface area contributed by atoms with Crippen molar-refractivity contribution < 1.29 is 0 Å². The summed E-state index contributed by atoms with van der Waals surface area (Å²) < 4.78 is 0. The van der Waals surface area contributed by atoms with Crippen LogP contribution in [0.25, 0.3) is 66.1 Å². The van der Waals surface area contributed by atoms with Gasteiger partial charge in [-0.2, -0.15) is 0 Å². The SMILES string of the molecule is CC1(C)c2ccccc2-c2ccc(N(c3ccc(-c4ccccc4)cc3)c3cccc(-c4cccc5ccccc45)c3-c3cccc4ccccc34)cc21. The average Bonchev–Trinajstić information content (AvgIpc) is 3.46. The summed E-state index contributed by atoms with van der Waals surface area (Å²) in [6.07, 6.45) is 0. The van der Waals surface area contributed by atoms with E-state index in [4.69, 9.17) is 0 Å². The van der Waals surface area contributed by atoms with Gasteiger partial charge < -0.3 is 4.90 Å². The molecule has 0 heterocycles. The molecule has 9 aromatic rings. The van der Waals surface area contributed by atoms with Crippen LogP contribution in [0.5, 0.6) is 0 Å². The zero-order valence-corrected chi connectivity index (χ0v) is 30.5. The highest BCUT2D eigenvalue weighted by Crippen LogP contribution is 2.52. The van der Waals surface area contributed by atoms with Crippen LogP contribution in [0.15, 0.2) is 200 Å². The fourth-order valence-corrected chi connectivity index (χ4v) is 8.83. The minimum atomic E-state index is -0.131. The molecule has 0 saturated carbocycles. The molecule has 0 bridgehead atoms. The first-order valence-corrected chi connectivity index (χ1v) is 18.9. The Morgan fingerprint density at radius 2 is 0.870 bits per heavy atom. The molecular weight excluding hydrogens is 651 g/mol. The third-order valence-electron chi connectivity index (χ3n) is 11.5. The van der Waals surface area contributed by atoms with E-state index in [-0.39, 0.29) is 5.41 Å². The number of rotatable bonds is 6. The van der Waals surface area contributed by atoms with Gasteiger partial charge in [-0.05, 0) is 102 Å². The van der Waals surface area contributed by atoms with Crippen LogP contribution in [0.2, 0.25) is 0 Å². The molecule has 0 unspecified atom stereocenters. The Kier molecular flexibility index (Phi) is 7.56. The van der Waals surface area contributed by atoms with Crippen molar-refractivity contribution in [3.8, 4) is 44.5 Å². The number of nitrogens with zero attached hydrogens (tertiary/aromatic N) is 1. The first-order valence-electron chi connectivity index (χ1n) is 18.9. The summed E-state index contributed by atoms with van der Waals surface area (Å²) in [6.45, 7) is 4.73. The van der Waals surface area contributed by atoms with E-state index in [2.05, 4.69) is 219 Å². The van der Waals surface area contributed by atoms with E-state index in [1.807, 2.05) is 0 Å². The Labute approximate surface area is 317 Å². The van der Waals surface area contributed by atoms with Crippen molar-refractivity contribution in [3.63, 3.8) is 0 Å². The van der Waals surface area contributed by atoms with Crippen LogP contribution in [0, 0.1) is 0 Å². The van der Waals surface area contributed by atoms with Crippen molar-refractivity contribution in [2.75, 3.05) is 4.90 Å². The van der Waals surface area contributed by atoms with Crippen molar-refractivity contribution in [1.82, 2.24) is 0 Å². The summed E-state index contributed by atoms with van der Waals surface area (Å²) in [5.41, 5.74) is 15.9. The third kappa shape index (κ3) is 5.16. The molecule has 0 aromatic heterocycles. The molecule has 54 heavy (non-hydrogen) atoms. The lowest BCUT2D eigenvalue weighted by Crippen LogP contribution is -2.17. The summed E-state index contributed by atoms with van der Waals surface area (Å²) in [4.78, 5) is 2.49. The molecule has 0 aliphatic heterocycles. The second-order valence-electron chi connectivity index (χ2n) is 14.9. The summed E-state index contributed by atoms with van der Waals surface area (Å²) in [6, 6.07) is 73.5. The molecule has 9 aromatic carbocycles. The predicted octanol–water partition coefficient (Wildman–Crippen LogP) is 14.8. The Morgan fingerprint density at radius 1 is 0.352 bits per heavy atom. The Hall–Kier alpha value is -6.70. The number of hydrogen-bond acceptors (Lipinski definition) is 1. The molecule has 0 atom stereocenters. The molecule has 0 amide bonds. The molecule has 1 heteroatoms. The van der Waals surface area contributed by atoms with Crippen LogP contribution in [0.1, 0.15) is 25.0 Å². The number of fused-ring (bicyclic) bond motifs is 5. The van der Waals surface area contributed by atoms with Gasteiger partial charge in [-0.25, -0.2) is 0 Å². The van der Waals surface area contributed by atoms with Crippen molar-refractivity contribution in [3.05, 3.63) is 211 Å². The van der Waals surface area contributed by atoms with E-state index in [0.717, 1.165) is 17.1 Å². The minimum absolute atomic E-state index is 0.131. The van der Waals surface area contributed by atoms with Crippen LogP contribution >= 0.6 is 0 Å². The smallest absolute Gasteiger partial charge is 0.0546 e. The van der Waals surface area contributed by atoms with Crippen molar-refractivity contribution in [2.45, 2.75) is 19.3 Å². The summed E-state index contributed by atoms with van der Waals surface area (Å²) in [5.74, 6) is 0. The van der Waals surface area contributed by atoms with E-state index in [1.54, 1.807) is 0 Å². The lowest BCUT2D eigenvalue weighted by Gasteiger charge is -2.31. The summed E-state index contributed by atoms with van der Waals surface area (Å²) in [7, 11) is 0. The first kappa shape index (κ1) is 32.0. The van der Waals surface area contributed by atoms with E-state index in [0.29, 0.717) is 0 Å². The van der Waals surface area contributed by atoms with E-state index < -0.39 is 0 Å². The maximum absolute atomic E-state index is 2.49. The highest BCUT2D eigenvalue weighted by molar-refractivity contribution is 6.09. The fraction of sp³-hybridized carbons (Fsp3) is 0.0566. The monoisotopic (exact) mass is 689 g/mol. The fourth-order valence-electron chi connectivity index (χ4n) is 8.83. The lowest BCUT2D eigenvalue weighted by molar-refractivity contribution is 0.660. The Bertz CT molecular complexity index is 2830. The third-order valence-corrected chi connectivity index (χ3v) is 11.5. The lowest BCUT2D eigenvalue weighted by atomic mass is 9.82. The zero-order valence-electron chi connectivity index (χ0n) is 30.5. The molecule has 0 radical (unpaired) electrons. The van der Waals surface area contributed by atoms with Gasteiger partial charge in [0.15, 0.2) is 0 Å². The molecule has 0 fully saturated rings. The highest BCUT2D eigenvalue weighted by atomic mass is 15.1. The Balaban J connectivity index is 1.27. The maximum Gasteiger partial charge on any atom is 0.0546 e. The normalized spacial score (nSPS) is 12.8. The quantitative estimate of drug-likeness (QED) is 0.168. The largest absolute Gasteiger partial charge is 0.310 e. The van der Waals surface area contributed by atoms with Gasteiger partial charge in [-0.15, -0.1) is 0 Å². The molecule has 0 N–H and O–H groups in total. The van der Waals surface area contributed by atoms with Crippen LogP contribution in [0.3, 0.4) is 0 Å². The first-order chi connectivity index (χ1) is 26.6. The summed E-state index contributed by atoms with van der Waals surface area (Å²) in [5, 5.41) is 4.94. The van der Waals surface area contributed by atoms with Crippen molar-refractivity contribution in [2.24, 2.45) is 0 Å². The molecule has 1 aliphatic rings. The van der Waals surface area contributed by atoms with Crippen molar-refractivity contribution in [1.29, 1.82) is 0 Å². The maximum atomic E-state index is 2.49. The average molecular weight is 690 g/mol. The van der Waals surface area contributed by atoms with E-state index >= 15 is 0 Å². The zero-order chi connectivity index (χ0) is 36.2. The van der Waals surface area contributed by atoms with Gasteiger partial charge in [0.25, 0.3) is 0 Å². The van der Waals surface area contributed by atoms with Crippen molar-refractivity contribution >= 4 is 38.6 Å². The van der Waals surface area contributed by atoms with Crippen LogP contribution < -0.4 is 4.90 Å². The van der Waals surface area contributed by atoms with Gasteiger partial charge in [0, 0.05) is 22.4 Å². The standard InChI is InChI=1S/C53H39N/c1-53(2)49-27-11-10-23-45(49)46-34-33-41(35-50(46)53)54(40-31-29-37(30-32-40)36-15-4-3-5-16-36)51-28-14-26-48(44-24-12-19-38-17-6-8-21-42(38)44)52(51)47-25-13-20-39-18-7-9-22-43(39)47/h3-35H,1-2H3. The number of hydrogen-bond donors (Lipinski definition) is 0. The number of anilines is 3. The van der Waals surface area contributed by atoms with Gasteiger partial charge in [-0.1, -0.05) is 184 Å². The van der Waals surface area contributed by atoms with Gasteiger partial charge in [0.2, 0.25) is 0 Å². The van der Waals surface area contributed by atoms with Gasteiger partial charge >= 0.3 is 0 Å². The van der Waals surface area contributed by atoms with Crippen LogP contribution in [-0.4, -0.2) is 0 Å². The summed E-state index contributed by atoms with van der Waals surface area (Å²) >= 11 is 0. The molecule has 256 valence electrons. The molecule has 1 nitrogen and oxygen atoms in total. The molecule has 0 spiro atoms. The van der Waals surface area contributed by atoms with Gasteiger partial charge in [-0.3, -0.25) is 0 Å². The van der Waals surface area contributed by atoms with Crippen LogP contribution in [-0.2, 0) is 5.41 Å². The minimum Gasteiger partial charge on any atom is -0.310 e. The van der Waals surface area contributed by atoms with Crippen LogP contribution in [0.4, 0.5) is 17.1 Å². The highest BCUT2D eigenvalue weighted by Gasteiger charge is 2.36. The molecule has 10 rings (SSSR count). The second-order valence-corrected chi connectivity index (χ2v) is 14.9. The predicted molar refractivity (Wildman–Crippen MR) is 230 cm³/mol. The Morgan fingerprint density at radius 3 is 1.63 bits per heavy atom. The molecule has 0 saturated heterocycles. The second kappa shape index (κ2) is 12.8. The van der Waals surface area contributed by atoms with Gasteiger partial charge in [0.05, 0.1) is 5.69 Å². The van der Waals surface area contributed by atoms with E-state index in [9.17, 15) is 0 Å². The van der Waals surface area contributed by atoms with E-state index in [1.165, 1.54) is 77.2 Å². The molecule has 1 aliphatic carbocycles. The molecular formula is C53H39N. The van der Waals surface area contributed by atoms with Gasteiger partial charge in [0.1, 0.15) is 0 Å². The number of benzene rings is 9. The topological polar surface area (TPSA) is 3.24 Å².